The van der Waals surface area contributed by atoms with Gasteiger partial charge in [-0.2, -0.15) is 0 Å². The van der Waals surface area contributed by atoms with E-state index in [4.69, 9.17) is 14.7 Å². The number of anilines is 1. The zero-order valence-corrected chi connectivity index (χ0v) is 17.7. The summed E-state index contributed by atoms with van der Waals surface area (Å²) in [6, 6.07) is 6.08. The first-order valence-electron chi connectivity index (χ1n) is 10.5. The minimum atomic E-state index is 0.745. The number of fused-ring (bicyclic) bond motifs is 3. The SMILES string of the molecule is CN(Cc1ccccn1)c1nc(CN2CCOCC2)nc2sc3c(c12)CCCC3. The third-order valence-corrected chi connectivity index (χ3v) is 6.98. The summed E-state index contributed by atoms with van der Waals surface area (Å²) in [5.41, 5.74) is 2.54. The Labute approximate surface area is 175 Å². The quantitative estimate of drug-likeness (QED) is 0.644. The van der Waals surface area contributed by atoms with Crippen molar-refractivity contribution in [3.63, 3.8) is 0 Å². The Morgan fingerprint density at radius 2 is 2.00 bits per heavy atom. The van der Waals surface area contributed by atoms with Gasteiger partial charge in [0.25, 0.3) is 0 Å². The Hall–Kier alpha value is -2.09. The second kappa shape index (κ2) is 8.34. The maximum absolute atomic E-state index is 5.50. The Bertz CT molecular complexity index is 984. The molecule has 1 fully saturated rings. The van der Waals surface area contributed by atoms with Crippen molar-refractivity contribution < 1.29 is 4.74 Å². The predicted octanol–water partition coefficient (Wildman–Crippen LogP) is 3.43. The van der Waals surface area contributed by atoms with Gasteiger partial charge < -0.3 is 9.64 Å². The number of aromatic nitrogens is 3. The molecule has 0 bridgehead atoms. The Kier molecular flexibility index (Phi) is 5.44. The van der Waals surface area contributed by atoms with Crippen molar-refractivity contribution in [2.24, 2.45) is 0 Å². The van der Waals surface area contributed by atoms with Crippen molar-refractivity contribution in [3.8, 4) is 0 Å². The molecule has 0 radical (unpaired) electrons. The fourth-order valence-corrected chi connectivity index (χ4v) is 5.57. The molecule has 152 valence electrons. The van der Waals surface area contributed by atoms with Gasteiger partial charge in [-0.25, -0.2) is 9.97 Å². The normalized spacial score (nSPS) is 17.4. The minimum Gasteiger partial charge on any atom is -0.379 e. The van der Waals surface area contributed by atoms with Gasteiger partial charge in [-0.05, 0) is 43.4 Å². The van der Waals surface area contributed by atoms with Gasteiger partial charge in [-0.15, -0.1) is 11.3 Å². The first-order valence-corrected chi connectivity index (χ1v) is 11.3. The Morgan fingerprint density at radius 3 is 2.83 bits per heavy atom. The molecule has 2 aliphatic rings. The molecule has 29 heavy (non-hydrogen) atoms. The van der Waals surface area contributed by atoms with Crippen molar-refractivity contribution in [2.45, 2.75) is 38.8 Å². The lowest BCUT2D eigenvalue weighted by Gasteiger charge is -2.26. The van der Waals surface area contributed by atoms with Crippen LogP contribution < -0.4 is 4.90 Å². The highest BCUT2D eigenvalue weighted by Gasteiger charge is 2.24. The predicted molar refractivity (Wildman–Crippen MR) is 116 cm³/mol. The van der Waals surface area contributed by atoms with Crippen LogP contribution in [0.25, 0.3) is 10.2 Å². The van der Waals surface area contributed by atoms with Crippen LogP contribution in [0.5, 0.6) is 0 Å². The second-order valence-corrected chi connectivity index (χ2v) is 9.00. The Balaban J connectivity index is 1.53. The molecular formula is C22H27N5OS. The van der Waals surface area contributed by atoms with Gasteiger partial charge >= 0.3 is 0 Å². The third-order valence-electron chi connectivity index (χ3n) is 5.80. The molecule has 0 N–H and O–H groups in total. The summed E-state index contributed by atoms with van der Waals surface area (Å²) in [5.74, 6) is 1.98. The molecule has 0 amide bonds. The van der Waals surface area contributed by atoms with Crippen LogP contribution in [0.1, 0.15) is 34.8 Å². The number of pyridine rings is 1. The van der Waals surface area contributed by atoms with E-state index in [-0.39, 0.29) is 0 Å². The van der Waals surface area contributed by atoms with Crippen LogP contribution in [0, 0.1) is 0 Å². The summed E-state index contributed by atoms with van der Waals surface area (Å²) in [6.45, 7) is 5.01. The van der Waals surface area contributed by atoms with Crippen LogP contribution in [0.4, 0.5) is 5.82 Å². The summed E-state index contributed by atoms with van der Waals surface area (Å²) >= 11 is 1.88. The van der Waals surface area contributed by atoms with E-state index in [0.717, 1.165) is 68.0 Å². The van der Waals surface area contributed by atoms with Gasteiger partial charge in [-0.1, -0.05) is 6.07 Å². The highest BCUT2D eigenvalue weighted by atomic mass is 32.1. The highest BCUT2D eigenvalue weighted by molar-refractivity contribution is 7.19. The molecule has 0 spiro atoms. The van der Waals surface area contributed by atoms with Crippen LogP contribution in [0.2, 0.25) is 0 Å². The van der Waals surface area contributed by atoms with E-state index in [2.05, 4.69) is 27.9 Å². The third kappa shape index (κ3) is 3.99. The minimum absolute atomic E-state index is 0.745. The summed E-state index contributed by atoms with van der Waals surface area (Å²) in [5, 5.41) is 1.27. The number of hydrogen-bond acceptors (Lipinski definition) is 7. The van der Waals surface area contributed by atoms with E-state index in [1.165, 1.54) is 35.1 Å². The fourth-order valence-electron chi connectivity index (χ4n) is 4.30. The van der Waals surface area contributed by atoms with Crippen molar-refractivity contribution in [1.82, 2.24) is 19.9 Å². The van der Waals surface area contributed by atoms with Crippen LogP contribution in [-0.4, -0.2) is 53.2 Å². The molecule has 4 heterocycles. The number of ether oxygens (including phenoxy) is 1. The molecule has 3 aromatic rings. The maximum atomic E-state index is 5.50. The summed E-state index contributed by atoms with van der Waals surface area (Å²) in [4.78, 5) is 21.9. The van der Waals surface area contributed by atoms with Gasteiger partial charge in [0.15, 0.2) is 0 Å². The van der Waals surface area contributed by atoms with Crippen molar-refractivity contribution >= 4 is 27.4 Å². The number of aryl methyl sites for hydroxylation is 2. The summed E-state index contributed by atoms with van der Waals surface area (Å²) in [6.07, 6.45) is 6.73. The van der Waals surface area contributed by atoms with Crippen LogP contribution in [0.3, 0.4) is 0 Å². The topological polar surface area (TPSA) is 54.4 Å². The zero-order chi connectivity index (χ0) is 19.6. The van der Waals surface area contributed by atoms with E-state index in [1.54, 1.807) is 0 Å². The largest absolute Gasteiger partial charge is 0.379 e. The molecule has 6 nitrogen and oxygen atoms in total. The van der Waals surface area contributed by atoms with E-state index >= 15 is 0 Å². The second-order valence-electron chi connectivity index (χ2n) is 7.92. The van der Waals surface area contributed by atoms with Crippen molar-refractivity contribution in [3.05, 3.63) is 46.4 Å². The number of nitrogens with zero attached hydrogens (tertiary/aromatic N) is 5. The van der Waals surface area contributed by atoms with Gasteiger partial charge in [0.1, 0.15) is 16.5 Å². The lowest BCUT2D eigenvalue weighted by Crippen LogP contribution is -2.36. The molecule has 1 aliphatic heterocycles. The van der Waals surface area contributed by atoms with Crippen molar-refractivity contribution in [1.29, 1.82) is 0 Å². The molecule has 0 aromatic carbocycles. The zero-order valence-electron chi connectivity index (χ0n) is 16.9. The molecule has 5 rings (SSSR count). The van der Waals surface area contributed by atoms with Gasteiger partial charge in [0.2, 0.25) is 0 Å². The lowest BCUT2D eigenvalue weighted by molar-refractivity contribution is 0.0331. The van der Waals surface area contributed by atoms with Gasteiger partial charge in [-0.3, -0.25) is 9.88 Å². The molecular weight excluding hydrogens is 382 g/mol. The number of thiophene rings is 1. The first-order chi connectivity index (χ1) is 14.3. The van der Waals surface area contributed by atoms with Crippen LogP contribution >= 0.6 is 11.3 Å². The molecule has 3 aromatic heterocycles. The highest BCUT2D eigenvalue weighted by Crippen LogP contribution is 2.39. The van der Waals surface area contributed by atoms with Gasteiger partial charge in [0.05, 0.1) is 37.4 Å². The molecule has 1 saturated heterocycles. The standard InChI is InChI=1S/C22H27N5OS/c1-26(14-16-6-4-5-9-23-16)21-20-17-7-2-3-8-18(17)29-22(20)25-19(24-21)15-27-10-12-28-13-11-27/h4-6,9H,2-3,7-8,10-15H2,1H3. The van der Waals surface area contributed by atoms with Gasteiger partial charge in [0, 0.05) is 31.2 Å². The summed E-state index contributed by atoms with van der Waals surface area (Å²) < 4.78 is 5.50. The van der Waals surface area contributed by atoms with Crippen molar-refractivity contribution in [2.75, 3.05) is 38.3 Å². The first kappa shape index (κ1) is 18.9. The average Bonchev–Trinajstić information content (AvgIpc) is 3.13. The summed E-state index contributed by atoms with van der Waals surface area (Å²) in [7, 11) is 2.13. The van der Waals surface area contributed by atoms with E-state index in [9.17, 15) is 0 Å². The lowest BCUT2D eigenvalue weighted by atomic mass is 9.97. The van der Waals surface area contributed by atoms with E-state index in [0.29, 0.717) is 0 Å². The smallest absolute Gasteiger partial charge is 0.146 e. The van der Waals surface area contributed by atoms with Crippen LogP contribution in [-0.2, 0) is 30.7 Å². The fraction of sp³-hybridized carbons (Fsp3) is 0.500. The molecule has 1 aliphatic carbocycles. The average molecular weight is 410 g/mol. The van der Waals surface area contributed by atoms with Crippen LogP contribution in [0.15, 0.2) is 24.4 Å². The molecule has 7 heteroatoms. The monoisotopic (exact) mass is 409 g/mol. The van der Waals surface area contributed by atoms with E-state index in [1.807, 2.05) is 29.7 Å². The number of hydrogen-bond donors (Lipinski definition) is 0. The molecule has 0 atom stereocenters. The number of morpholine rings is 1. The maximum Gasteiger partial charge on any atom is 0.146 e. The Morgan fingerprint density at radius 1 is 1.14 bits per heavy atom. The molecule has 0 saturated carbocycles. The molecule has 0 unspecified atom stereocenters. The van der Waals surface area contributed by atoms with E-state index < -0.39 is 0 Å². The number of rotatable bonds is 5.